The SMILES string of the molecule is C1=CC(C2Oc3ccccc3O2)=NSO1. The normalized spacial score (nSPS) is 18.5. The smallest absolute Gasteiger partial charge is 0.285 e. The van der Waals surface area contributed by atoms with Crippen molar-refractivity contribution in [3.8, 4) is 11.5 Å². The third kappa shape index (κ3) is 1.55. The van der Waals surface area contributed by atoms with Gasteiger partial charge in [-0.3, -0.25) is 0 Å². The largest absolute Gasteiger partial charge is 0.445 e. The summed E-state index contributed by atoms with van der Waals surface area (Å²) >= 11 is 1.01. The number of hydrogen-bond donors (Lipinski definition) is 0. The topological polar surface area (TPSA) is 40.0 Å². The number of ether oxygens (including phenoxy) is 2. The van der Waals surface area contributed by atoms with Crippen LogP contribution in [0.4, 0.5) is 0 Å². The van der Waals surface area contributed by atoms with E-state index in [0.29, 0.717) is 5.71 Å². The van der Waals surface area contributed by atoms with Crippen molar-refractivity contribution < 1.29 is 13.7 Å². The first-order valence-corrected chi connectivity index (χ1v) is 5.12. The molecule has 0 unspecified atom stereocenters. The Bertz CT molecular complexity index is 419. The van der Waals surface area contributed by atoms with Gasteiger partial charge in [-0.15, -0.1) is 0 Å². The van der Waals surface area contributed by atoms with Gasteiger partial charge in [-0.05, 0) is 12.1 Å². The average molecular weight is 221 g/mol. The first-order valence-electron chi connectivity index (χ1n) is 4.43. The fourth-order valence-corrected chi connectivity index (χ4v) is 1.74. The summed E-state index contributed by atoms with van der Waals surface area (Å²) in [6.45, 7) is 0. The highest BCUT2D eigenvalue weighted by Crippen LogP contribution is 2.35. The number of hydrogen-bond acceptors (Lipinski definition) is 5. The van der Waals surface area contributed by atoms with Crippen molar-refractivity contribution in [1.29, 1.82) is 0 Å². The lowest BCUT2D eigenvalue weighted by molar-refractivity contribution is 0.114. The highest BCUT2D eigenvalue weighted by Gasteiger charge is 2.28. The summed E-state index contributed by atoms with van der Waals surface area (Å²) in [5.74, 6) is 1.49. The average Bonchev–Trinajstić information content (AvgIpc) is 2.74. The molecule has 0 atom stereocenters. The molecule has 0 N–H and O–H groups in total. The van der Waals surface area contributed by atoms with E-state index in [2.05, 4.69) is 4.40 Å². The summed E-state index contributed by atoms with van der Waals surface area (Å²) in [6, 6.07) is 7.54. The van der Waals surface area contributed by atoms with E-state index in [0.717, 1.165) is 23.7 Å². The molecule has 5 heteroatoms. The van der Waals surface area contributed by atoms with E-state index in [9.17, 15) is 0 Å². The highest BCUT2D eigenvalue weighted by molar-refractivity contribution is 7.93. The summed E-state index contributed by atoms with van der Waals surface area (Å²) in [6.07, 6.45) is 2.82. The predicted molar refractivity (Wildman–Crippen MR) is 56.7 cm³/mol. The molecule has 15 heavy (non-hydrogen) atoms. The maximum atomic E-state index is 5.57. The number of fused-ring (bicyclic) bond motifs is 1. The van der Waals surface area contributed by atoms with Crippen molar-refractivity contribution in [2.75, 3.05) is 0 Å². The van der Waals surface area contributed by atoms with Crippen LogP contribution in [0.1, 0.15) is 0 Å². The second-order valence-corrected chi connectivity index (χ2v) is 3.53. The van der Waals surface area contributed by atoms with E-state index in [1.807, 2.05) is 24.3 Å². The number of nitrogens with zero attached hydrogens (tertiary/aromatic N) is 1. The Labute approximate surface area is 90.9 Å². The van der Waals surface area contributed by atoms with Gasteiger partial charge in [-0.2, -0.15) is 4.40 Å². The Morgan fingerprint density at radius 3 is 2.47 bits per heavy atom. The van der Waals surface area contributed by atoms with E-state index >= 15 is 0 Å². The van der Waals surface area contributed by atoms with Crippen LogP contribution in [-0.4, -0.2) is 12.0 Å². The van der Waals surface area contributed by atoms with Crippen molar-refractivity contribution in [3.05, 3.63) is 36.6 Å². The van der Waals surface area contributed by atoms with Gasteiger partial charge in [0.05, 0.1) is 0 Å². The van der Waals surface area contributed by atoms with E-state index in [1.165, 1.54) is 0 Å². The van der Waals surface area contributed by atoms with Gasteiger partial charge in [0.1, 0.15) is 12.0 Å². The molecule has 0 fully saturated rings. The summed E-state index contributed by atoms with van der Waals surface area (Å²) in [4.78, 5) is 0. The molecule has 0 saturated heterocycles. The Hall–Kier alpha value is -1.62. The quantitative estimate of drug-likeness (QED) is 0.539. The third-order valence-corrected chi connectivity index (χ3v) is 2.52. The van der Waals surface area contributed by atoms with Crippen LogP contribution >= 0.6 is 12.2 Å². The van der Waals surface area contributed by atoms with E-state index < -0.39 is 6.29 Å². The van der Waals surface area contributed by atoms with Gasteiger partial charge in [0.25, 0.3) is 6.29 Å². The molecule has 0 spiro atoms. The van der Waals surface area contributed by atoms with Crippen LogP contribution in [0.5, 0.6) is 11.5 Å². The molecule has 0 amide bonds. The van der Waals surface area contributed by atoms with E-state index in [-0.39, 0.29) is 0 Å². The number of benzene rings is 1. The van der Waals surface area contributed by atoms with Crippen LogP contribution in [0.2, 0.25) is 0 Å². The molecule has 4 nitrogen and oxygen atoms in total. The Morgan fingerprint density at radius 2 is 1.87 bits per heavy atom. The van der Waals surface area contributed by atoms with Crippen LogP contribution in [0.15, 0.2) is 41.0 Å². The standard InChI is InChI=1S/C10H7NO3S/c1-2-4-9-8(3-1)13-10(14-9)7-5-6-12-15-11-7/h1-6,10H. The van der Waals surface area contributed by atoms with Crippen molar-refractivity contribution in [2.45, 2.75) is 6.29 Å². The highest BCUT2D eigenvalue weighted by atomic mass is 32.2. The van der Waals surface area contributed by atoms with Gasteiger partial charge in [-0.1, -0.05) is 12.1 Å². The summed E-state index contributed by atoms with van der Waals surface area (Å²) in [7, 11) is 0. The molecule has 0 radical (unpaired) electrons. The minimum atomic E-state index is -0.463. The molecule has 2 aliphatic rings. The van der Waals surface area contributed by atoms with Gasteiger partial charge in [0.2, 0.25) is 12.2 Å². The Balaban J connectivity index is 1.84. The lowest BCUT2D eigenvalue weighted by atomic mass is 10.3. The monoisotopic (exact) mass is 221 g/mol. The van der Waals surface area contributed by atoms with Crippen molar-refractivity contribution in [3.63, 3.8) is 0 Å². The number of para-hydroxylation sites is 2. The van der Waals surface area contributed by atoms with Crippen molar-refractivity contribution in [1.82, 2.24) is 0 Å². The van der Waals surface area contributed by atoms with Gasteiger partial charge in [-0.25, -0.2) is 0 Å². The van der Waals surface area contributed by atoms with Gasteiger partial charge in [0, 0.05) is 6.08 Å². The second-order valence-electron chi connectivity index (χ2n) is 3.00. The Kier molecular flexibility index (Phi) is 2.03. The summed E-state index contributed by atoms with van der Waals surface area (Å²) in [5.41, 5.74) is 0.711. The molecule has 3 rings (SSSR count). The lowest BCUT2D eigenvalue weighted by Crippen LogP contribution is -2.28. The maximum Gasteiger partial charge on any atom is 0.285 e. The molecule has 1 aromatic rings. The van der Waals surface area contributed by atoms with Crippen LogP contribution < -0.4 is 9.47 Å². The first kappa shape index (κ1) is 8.67. The molecule has 0 aliphatic carbocycles. The van der Waals surface area contributed by atoms with Crippen LogP contribution in [0, 0.1) is 0 Å². The predicted octanol–water partition coefficient (Wildman–Crippen LogP) is 2.33. The molecule has 0 bridgehead atoms. The zero-order chi connectivity index (χ0) is 10.1. The molecular formula is C10H7NO3S. The van der Waals surface area contributed by atoms with Gasteiger partial charge < -0.3 is 13.7 Å². The summed E-state index contributed by atoms with van der Waals surface area (Å²) in [5, 5.41) is 0. The zero-order valence-corrected chi connectivity index (χ0v) is 8.44. The van der Waals surface area contributed by atoms with Crippen molar-refractivity contribution in [2.24, 2.45) is 4.40 Å². The molecular weight excluding hydrogens is 214 g/mol. The zero-order valence-electron chi connectivity index (χ0n) is 7.62. The number of rotatable bonds is 1. The fraction of sp³-hybridized carbons (Fsp3) is 0.100. The van der Waals surface area contributed by atoms with E-state index in [1.54, 1.807) is 12.3 Å². The third-order valence-electron chi connectivity index (χ3n) is 2.04. The van der Waals surface area contributed by atoms with Crippen LogP contribution in [-0.2, 0) is 4.18 Å². The maximum absolute atomic E-state index is 5.57. The molecule has 1 aromatic carbocycles. The van der Waals surface area contributed by atoms with E-state index in [4.69, 9.17) is 13.7 Å². The van der Waals surface area contributed by atoms with Gasteiger partial charge >= 0.3 is 0 Å². The second kappa shape index (κ2) is 3.51. The molecule has 2 heterocycles. The minimum absolute atomic E-state index is 0.463. The molecule has 76 valence electrons. The minimum Gasteiger partial charge on any atom is -0.445 e. The molecule has 0 saturated carbocycles. The van der Waals surface area contributed by atoms with Crippen LogP contribution in [0.25, 0.3) is 0 Å². The summed E-state index contributed by atoms with van der Waals surface area (Å²) < 4.78 is 20.1. The fourth-order valence-electron chi connectivity index (χ4n) is 1.36. The van der Waals surface area contributed by atoms with Crippen molar-refractivity contribution >= 4 is 17.9 Å². The lowest BCUT2D eigenvalue weighted by Gasteiger charge is -2.11. The molecule has 2 aliphatic heterocycles. The molecule has 0 aromatic heterocycles. The van der Waals surface area contributed by atoms with Gasteiger partial charge in [0.15, 0.2) is 11.5 Å². The first-order chi connectivity index (χ1) is 7.43. The Morgan fingerprint density at radius 1 is 1.13 bits per heavy atom. The van der Waals surface area contributed by atoms with Crippen LogP contribution in [0.3, 0.4) is 0 Å².